The van der Waals surface area contributed by atoms with Gasteiger partial charge in [0.1, 0.15) is 11.4 Å². The van der Waals surface area contributed by atoms with Crippen molar-refractivity contribution in [3.8, 4) is 12.3 Å². The Labute approximate surface area is 125 Å². The summed E-state index contributed by atoms with van der Waals surface area (Å²) in [5.74, 6) is 2.26. The summed E-state index contributed by atoms with van der Waals surface area (Å²) >= 11 is 0. The van der Waals surface area contributed by atoms with E-state index in [0.717, 1.165) is 24.8 Å². The van der Waals surface area contributed by atoms with Crippen molar-refractivity contribution in [3.63, 3.8) is 0 Å². The second kappa shape index (κ2) is 6.13. The fourth-order valence-corrected chi connectivity index (χ4v) is 2.88. The van der Waals surface area contributed by atoms with Crippen molar-refractivity contribution in [2.45, 2.75) is 51.6 Å². The first-order valence-electron chi connectivity index (χ1n) is 7.38. The Morgan fingerprint density at radius 1 is 1.33 bits per heavy atom. The lowest BCUT2D eigenvalue weighted by Crippen LogP contribution is -2.39. The van der Waals surface area contributed by atoms with Crippen molar-refractivity contribution in [2.24, 2.45) is 0 Å². The molecule has 0 bridgehead atoms. The minimum Gasteiger partial charge on any atom is -0.487 e. The fraction of sp³-hybridized carbons (Fsp3) is 0.444. The molecular formula is C18H20O3. The fourth-order valence-electron chi connectivity index (χ4n) is 2.88. The molecule has 0 aromatic heterocycles. The monoisotopic (exact) mass is 284 g/mol. The molecule has 0 unspecified atom stereocenters. The summed E-state index contributed by atoms with van der Waals surface area (Å²) in [4.78, 5) is 23.9. The van der Waals surface area contributed by atoms with Gasteiger partial charge >= 0.3 is 0 Å². The van der Waals surface area contributed by atoms with Gasteiger partial charge in [-0.3, -0.25) is 9.59 Å². The molecule has 0 spiro atoms. The molecule has 0 fully saturated rings. The van der Waals surface area contributed by atoms with Gasteiger partial charge in [0, 0.05) is 17.6 Å². The molecule has 0 aromatic rings. The Balaban J connectivity index is 2.45. The van der Waals surface area contributed by atoms with E-state index in [0.29, 0.717) is 17.8 Å². The van der Waals surface area contributed by atoms with Crippen LogP contribution in [0, 0.1) is 12.3 Å². The van der Waals surface area contributed by atoms with E-state index in [1.165, 1.54) is 0 Å². The number of allylic oxidation sites excluding steroid dienone is 5. The van der Waals surface area contributed by atoms with Crippen LogP contribution in [-0.4, -0.2) is 17.2 Å². The Morgan fingerprint density at radius 3 is 2.67 bits per heavy atom. The van der Waals surface area contributed by atoms with E-state index in [1.54, 1.807) is 18.2 Å². The quantitative estimate of drug-likeness (QED) is 0.590. The predicted octanol–water partition coefficient (Wildman–Crippen LogP) is 3.27. The van der Waals surface area contributed by atoms with E-state index in [9.17, 15) is 9.59 Å². The summed E-state index contributed by atoms with van der Waals surface area (Å²) < 4.78 is 6.19. The molecule has 3 heteroatoms. The number of rotatable bonds is 3. The molecule has 0 aromatic carbocycles. The summed E-state index contributed by atoms with van der Waals surface area (Å²) in [6, 6.07) is 0. The molecule has 1 aliphatic carbocycles. The van der Waals surface area contributed by atoms with Crippen LogP contribution >= 0.6 is 0 Å². The van der Waals surface area contributed by atoms with Gasteiger partial charge in [-0.05, 0) is 31.8 Å². The van der Waals surface area contributed by atoms with Crippen LogP contribution in [-0.2, 0) is 14.3 Å². The molecule has 3 nitrogen and oxygen atoms in total. The SMILES string of the molecule is C#C/C=C\C=C1/CC(=O)C(=O)C2=C1OC(CC)(CC)CC2. The molecule has 2 aliphatic rings. The highest BCUT2D eigenvalue weighted by Gasteiger charge is 2.41. The van der Waals surface area contributed by atoms with Gasteiger partial charge in [-0.1, -0.05) is 31.9 Å². The van der Waals surface area contributed by atoms with Crippen LogP contribution in [0.1, 0.15) is 46.0 Å². The van der Waals surface area contributed by atoms with E-state index >= 15 is 0 Å². The molecule has 0 amide bonds. The molecule has 1 aliphatic heterocycles. The summed E-state index contributed by atoms with van der Waals surface area (Å²) in [7, 11) is 0. The average molecular weight is 284 g/mol. The van der Waals surface area contributed by atoms with Gasteiger partial charge in [0.25, 0.3) is 0 Å². The van der Waals surface area contributed by atoms with E-state index in [4.69, 9.17) is 11.2 Å². The van der Waals surface area contributed by atoms with Crippen molar-refractivity contribution in [1.82, 2.24) is 0 Å². The van der Waals surface area contributed by atoms with Crippen LogP contribution in [0.2, 0.25) is 0 Å². The standard InChI is InChI=1S/C18H20O3/c1-4-7-8-9-13-12-15(19)16(20)14-10-11-18(5-2,6-3)21-17(13)14/h1,7-9H,5-6,10-12H2,2-3H3/b8-7-,13-9+. The highest BCUT2D eigenvalue weighted by atomic mass is 16.5. The van der Waals surface area contributed by atoms with Gasteiger partial charge in [-0.2, -0.15) is 0 Å². The molecule has 1 heterocycles. The molecule has 0 saturated carbocycles. The first-order chi connectivity index (χ1) is 10.1. The first-order valence-corrected chi connectivity index (χ1v) is 7.38. The third-order valence-electron chi connectivity index (χ3n) is 4.37. The highest BCUT2D eigenvalue weighted by Crippen LogP contribution is 2.42. The van der Waals surface area contributed by atoms with E-state index in [2.05, 4.69) is 19.8 Å². The highest BCUT2D eigenvalue weighted by molar-refractivity contribution is 6.45. The third kappa shape index (κ3) is 2.85. The van der Waals surface area contributed by atoms with Gasteiger partial charge in [0.05, 0.1) is 0 Å². The van der Waals surface area contributed by atoms with E-state index in [-0.39, 0.29) is 23.6 Å². The lowest BCUT2D eigenvalue weighted by molar-refractivity contribution is -0.135. The van der Waals surface area contributed by atoms with Gasteiger partial charge in [-0.15, -0.1) is 6.42 Å². The lowest BCUT2D eigenvalue weighted by atomic mass is 9.80. The molecule has 21 heavy (non-hydrogen) atoms. The number of terminal acetylenes is 1. The van der Waals surface area contributed by atoms with Crippen LogP contribution in [0.3, 0.4) is 0 Å². The van der Waals surface area contributed by atoms with Crippen LogP contribution in [0.25, 0.3) is 0 Å². The maximum Gasteiger partial charge on any atom is 0.228 e. The lowest BCUT2D eigenvalue weighted by Gasteiger charge is -2.40. The Kier molecular flexibility index (Phi) is 4.47. The molecule has 0 saturated heterocycles. The Morgan fingerprint density at radius 2 is 2.05 bits per heavy atom. The minimum atomic E-state index is -0.385. The summed E-state index contributed by atoms with van der Waals surface area (Å²) in [5.41, 5.74) is 1.06. The van der Waals surface area contributed by atoms with Gasteiger partial charge in [-0.25, -0.2) is 0 Å². The van der Waals surface area contributed by atoms with Crippen molar-refractivity contribution in [2.75, 3.05) is 0 Å². The predicted molar refractivity (Wildman–Crippen MR) is 81.3 cm³/mol. The Hall–Kier alpha value is -2.08. The summed E-state index contributed by atoms with van der Waals surface area (Å²) in [6.07, 6.45) is 13.5. The van der Waals surface area contributed by atoms with E-state index in [1.807, 2.05) is 0 Å². The van der Waals surface area contributed by atoms with Crippen LogP contribution in [0.15, 0.2) is 35.1 Å². The average Bonchev–Trinajstić information content (AvgIpc) is 2.51. The number of carbonyl (C=O) groups is 2. The zero-order valence-electron chi connectivity index (χ0n) is 12.6. The van der Waals surface area contributed by atoms with Crippen LogP contribution in [0.4, 0.5) is 0 Å². The normalized spacial score (nSPS) is 23.2. The van der Waals surface area contributed by atoms with Crippen molar-refractivity contribution < 1.29 is 14.3 Å². The largest absolute Gasteiger partial charge is 0.487 e. The van der Waals surface area contributed by atoms with Gasteiger partial charge in [0.15, 0.2) is 0 Å². The first kappa shape index (κ1) is 15.3. The molecule has 0 radical (unpaired) electrons. The number of carbonyl (C=O) groups excluding carboxylic acids is 2. The number of hydrogen-bond acceptors (Lipinski definition) is 3. The number of ketones is 2. The van der Waals surface area contributed by atoms with Crippen molar-refractivity contribution in [1.29, 1.82) is 0 Å². The van der Waals surface area contributed by atoms with Gasteiger partial charge in [0.2, 0.25) is 11.6 Å². The molecule has 2 rings (SSSR count). The van der Waals surface area contributed by atoms with Crippen LogP contribution in [0.5, 0.6) is 0 Å². The number of Topliss-reactive ketones (excluding diaryl/α,β-unsaturated/α-hetero) is 2. The van der Waals surface area contributed by atoms with Crippen molar-refractivity contribution >= 4 is 11.6 Å². The van der Waals surface area contributed by atoms with Crippen molar-refractivity contribution in [3.05, 3.63) is 35.1 Å². The second-order valence-corrected chi connectivity index (χ2v) is 5.45. The smallest absolute Gasteiger partial charge is 0.228 e. The second-order valence-electron chi connectivity index (χ2n) is 5.45. The zero-order valence-corrected chi connectivity index (χ0v) is 12.6. The van der Waals surface area contributed by atoms with E-state index < -0.39 is 0 Å². The van der Waals surface area contributed by atoms with Gasteiger partial charge < -0.3 is 4.74 Å². The zero-order chi connectivity index (χ0) is 15.5. The Bertz CT molecular complexity index is 592. The molecular weight excluding hydrogens is 264 g/mol. The number of ether oxygens (including phenoxy) is 1. The maximum absolute atomic E-state index is 12.1. The molecule has 110 valence electrons. The minimum absolute atomic E-state index is 0.0933. The maximum atomic E-state index is 12.1. The molecule has 0 atom stereocenters. The molecule has 0 N–H and O–H groups in total. The summed E-state index contributed by atoms with van der Waals surface area (Å²) in [6.45, 7) is 4.18. The topological polar surface area (TPSA) is 43.4 Å². The third-order valence-corrected chi connectivity index (χ3v) is 4.37. The number of hydrogen-bond donors (Lipinski definition) is 0. The van der Waals surface area contributed by atoms with Crippen LogP contribution < -0.4 is 0 Å². The summed E-state index contributed by atoms with van der Waals surface area (Å²) in [5, 5.41) is 0.